The van der Waals surface area contributed by atoms with Crippen LogP contribution in [0.15, 0.2) is 47.3 Å². The van der Waals surface area contributed by atoms with Crippen molar-refractivity contribution in [3.63, 3.8) is 0 Å². The largest absolute Gasteiger partial charge is 0.497 e. The van der Waals surface area contributed by atoms with Gasteiger partial charge in [-0.25, -0.2) is 4.79 Å². The predicted molar refractivity (Wildman–Crippen MR) is 112 cm³/mol. The first-order valence-electron chi connectivity index (χ1n) is 10.4. The van der Waals surface area contributed by atoms with Crippen molar-refractivity contribution in [1.82, 2.24) is 14.8 Å². The molecule has 29 heavy (non-hydrogen) atoms. The Morgan fingerprint density at radius 1 is 1.10 bits per heavy atom. The molecule has 0 spiro atoms. The molecule has 2 aliphatic heterocycles. The number of fused-ring (bicyclic) bond motifs is 4. The number of urea groups is 1. The summed E-state index contributed by atoms with van der Waals surface area (Å²) >= 11 is 0. The summed E-state index contributed by atoms with van der Waals surface area (Å²) in [5.74, 6) is 1.61. The van der Waals surface area contributed by atoms with Gasteiger partial charge in [-0.2, -0.15) is 0 Å². The number of hydrogen-bond donors (Lipinski definition) is 1. The topological polar surface area (TPSA) is 63.6 Å². The standard InChI is InChI=1S/C23H29N3O3/c1-15(2)22(17-7-9-19(29-3)10-8-17)24-23(28)25-12-16-11-18(14-25)20-5-4-6-21(27)26(20)13-16/h4-10,15-16,18,22H,11-14H2,1-3H3,(H,24,28). The molecule has 1 saturated heterocycles. The highest BCUT2D eigenvalue weighted by atomic mass is 16.5. The highest BCUT2D eigenvalue weighted by Gasteiger charge is 2.36. The fraction of sp³-hybridized carbons (Fsp3) is 0.478. The lowest BCUT2D eigenvalue weighted by Gasteiger charge is -2.43. The van der Waals surface area contributed by atoms with Gasteiger partial charge in [0.15, 0.2) is 0 Å². The third-order valence-electron chi connectivity index (χ3n) is 6.19. The molecular formula is C23H29N3O3. The maximum Gasteiger partial charge on any atom is 0.317 e. The highest BCUT2D eigenvalue weighted by Crippen LogP contribution is 2.35. The van der Waals surface area contributed by atoms with E-state index in [4.69, 9.17) is 4.74 Å². The number of likely N-dealkylation sites (tertiary alicyclic amines) is 1. The van der Waals surface area contributed by atoms with Crippen LogP contribution in [0.3, 0.4) is 0 Å². The Balaban J connectivity index is 1.50. The zero-order valence-electron chi connectivity index (χ0n) is 17.3. The summed E-state index contributed by atoms with van der Waals surface area (Å²) in [7, 11) is 1.65. The van der Waals surface area contributed by atoms with Crippen LogP contribution in [0.1, 0.15) is 43.5 Å². The van der Waals surface area contributed by atoms with Crippen LogP contribution >= 0.6 is 0 Å². The average molecular weight is 396 g/mol. The van der Waals surface area contributed by atoms with Crippen molar-refractivity contribution >= 4 is 6.03 Å². The lowest BCUT2D eigenvalue weighted by Crippen LogP contribution is -2.52. The van der Waals surface area contributed by atoms with Gasteiger partial charge in [0.25, 0.3) is 5.56 Å². The lowest BCUT2D eigenvalue weighted by molar-refractivity contribution is 0.127. The van der Waals surface area contributed by atoms with E-state index in [1.807, 2.05) is 45.9 Å². The number of aromatic nitrogens is 1. The zero-order valence-corrected chi connectivity index (χ0v) is 17.3. The van der Waals surface area contributed by atoms with Crippen LogP contribution in [0.25, 0.3) is 0 Å². The van der Waals surface area contributed by atoms with Gasteiger partial charge in [-0.1, -0.05) is 32.0 Å². The summed E-state index contributed by atoms with van der Waals surface area (Å²) < 4.78 is 7.14. The molecule has 2 bridgehead atoms. The minimum Gasteiger partial charge on any atom is -0.497 e. The van der Waals surface area contributed by atoms with Gasteiger partial charge < -0.3 is 19.5 Å². The van der Waals surface area contributed by atoms with Crippen molar-refractivity contribution in [1.29, 1.82) is 0 Å². The Morgan fingerprint density at radius 2 is 1.86 bits per heavy atom. The van der Waals surface area contributed by atoms with E-state index in [0.717, 1.165) is 23.4 Å². The molecule has 6 nitrogen and oxygen atoms in total. The van der Waals surface area contributed by atoms with Crippen LogP contribution < -0.4 is 15.6 Å². The van der Waals surface area contributed by atoms with E-state index in [9.17, 15) is 9.59 Å². The van der Waals surface area contributed by atoms with Gasteiger partial charge in [-0.15, -0.1) is 0 Å². The second kappa shape index (κ2) is 7.93. The van der Waals surface area contributed by atoms with Crippen LogP contribution in [0.4, 0.5) is 4.79 Å². The zero-order chi connectivity index (χ0) is 20.5. The molecule has 1 fully saturated rings. The van der Waals surface area contributed by atoms with Gasteiger partial charge in [-0.3, -0.25) is 4.79 Å². The molecule has 3 atom stereocenters. The maximum absolute atomic E-state index is 13.1. The molecule has 2 aliphatic rings. The van der Waals surface area contributed by atoms with Gasteiger partial charge in [0.05, 0.1) is 13.2 Å². The van der Waals surface area contributed by atoms with Crippen molar-refractivity contribution in [3.05, 3.63) is 64.1 Å². The number of benzene rings is 1. The number of nitrogens with zero attached hydrogens (tertiary/aromatic N) is 2. The van der Waals surface area contributed by atoms with Gasteiger partial charge in [0.1, 0.15) is 5.75 Å². The lowest BCUT2D eigenvalue weighted by atomic mass is 9.83. The number of piperidine rings is 1. The Hall–Kier alpha value is -2.76. The number of pyridine rings is 1. The fourth-order valence-corrected chi connectivity index (χ4v) is 4.73. The summed E-state index contributed by atoms with van der Waals surface area (Å²) in [5.41, 5.74) is 2.19. The normalized spacial score (nSPS) is 21.4. The van der Waals surface area contributed by atoms with E-state index in [1.165, 1.54) is 0 Å². The van der Waals surface area contributed by atoms with Gasteiger partial charge in [-0.05, 0) is 42.0 Å². The molecule has 1 aromatic heterocycles. The molecule has 6 heteroatoms. The van der Waals surface area contributed by atoms with E-state index in [2.05, 4.69) is 19.2 Å². The Bertz CT molecular complexity index is 935. The summed E-state index contributed by atoms with van der Waals surface area (Å²) in [5, 5.41) is 3.24. The van der Waals surface area contributed by atoms with Crippen LogP contribution in [0, 0.1) is 11.8 Å². The van der Waals surface area contributed by atoms with Crippen molar-refractivity contribution in [2.45, 2.75) is 38.8 Å². The molecule has 0 saturated carbocycles. The number of methoxy groups -OCH3 is 1. The summed E-state index contributed by atoms with van der Waals surface area (Å²) in [6.07, 6.45) is 1.04. The second-order valence-electron chi connectivity index (χ2n) is 8.55. The van der Waals surface area contributed by atoms with E-state index in [0.29, 0.717) is 25.6 Å². The van der Waals surface area contributed by atoms with Gasteiger partial charge in [0.2, 0.25) is 0 Å². The molecule has 154 valence electrons. The first kappa shape index (κ1) is 19.6. The van der Waals surface area contributed by atoms with Gasteiger partial charge in [0, 0.05) is 37.3 Å². The predicted octanol–water partition coefficient (Wildman–Crippen LogP) is 3.38. The Morgan fingerprint density at radius 3 is 2.55 bits per heavy atom. The number of carbonyl (C=O) groups is 1. The smallest absolute Gasteiger partial charge is 0.317 e. The molecule has 0 aliphatic carbocycles. The number of rotatable bonds is 4. The highest BCUT2D eigenvalue weighted by molar-refractivity contribution is 5.75. The van der Waals surface area contributed by atoms with Crippen molar-refractivity contribution in [2.24, 2.45) is 11.8 Å². The van der Waals surface area contributed by atoms with E-state index in [-0.39, 0.29) is 29.5 Å². The number of nitrogens with one attached hydrogen (secondary N) is 1. The van der Waals surface area contributed by atoms with Crippen LogP contribution in [-0.2, 0) is 6.54 Å². The molecule has 3 heterocycles. The van der Waals surface area contributed by atoms with Crippen LogP contribution in [-0.4, -0.2) is 35.7 Å². The van der Waals surface area contributed by atoms with Crippen molar-refractivity contribution in [3.8, 4) is 5.75 Å². The molecule has 2 amide bonds. The molecular weight excluding hydrogens is 366 g/mol. The minimum absolute atomic E-state index is 0.0269. The van der Waals surface area contributed by atoms with Crippen molar-refractivity contribution in [2.75, 3.05) is 20.2 Å². The minimum atomic E-state index is -0.0647. The number of hydrogen-bond acceptors (Lipinski definition) is 3. The third-order valence-corrected chi connectivity index (χ3v) is 6.19. The molecule has 1 aromatic carbocycles. The average Bonchev–Trinajstić information content (AvgIpc) is 2.72. The number of carbonyl (C=O) groups excluding carboxylic acids is 1. The molecule has 4 rings (SSSR count). The fourth-order valence-electron chi connectivity index (χ4n) is 4.73. The molecule has 1 N–H and O–H groups in total. The first-order valence-corrected chi connectivity index (χ1v) is 10.4. The Kier molecular flexibility index (Phi) is 5.35. The van der Waals surface area contributed by atoms with E-state index >= 15 is 0 Å². The summed E-state index contributed by atoms with van der Waals surface area (Å²) in [6, 6.07) is 13.3. The third kappa shape index (κ3) is 3.88. The summed E-state index contributed by atoms with van der Waals surface area (Å²) in [6.45, 7) is 6.27. The number of ether oxygens (including phenoxy) is 1. The molecule has 0 radical (unpaired) electrons. The maximum atomic E-state index is 13.1. The van der Waals surface area contributed by atoms with Crippen LogP contribution in [0.2, 0.25) is 0 Å². The summed E-state index contributed by atoms with van der Waals surface area (Å²) in [4.78, 5) is 27.3. The van der Waals surface area contributed by atoms with E-state index in [1.54, 1.807) is 13.2 Å². The quantitative estimate of drug-likeness (QED) is 0.863. The van der Waals surface area contributed by atoms with Crippen LogP contribution in [0.5, 0.6) is 5.75 Å². The first-order chi connectivity index (χ1) is 14.0. The molecule has 3 unspecified atom stereocenters. The Labute approximate surface area is 171 Å². The number of amides is 2. The van der Waals surface area contributed by atoms with Gasteiger partial charge >= 0.3 is 6.03 Å². The van der Waals surface area contributed by atoms with E-state index < -0.39 is 0 Å². The molecule has 2 aromatic rings. The second-order valence-corrected chi connectivity index (χ2v) is 8.55. The monoisotopic (exact) mass is 395 g/mol. The SMILES string of the molecule is COc1ccc(C(NC(=O)N2CC3CC(C2)c2cccc(=O)n2C3)C(C)C)cc1. The van der Waals surface area contributed by atoms with Crippen molar-refractivity contribution < 1.29 is 9.53 Å².